The Balaban J connectivity index is 1.56. The maximum atomic E-state index is 12.7. The van der Waals surface area contributed by atoms with Crippen LogP contribution in [-0.2, 0) is 9.84 Å². The van der Waals surface area contributed by atoms with E-state index in [1.54, 1.807) is 24.4 Å². The lowest BCUT2D eigenvalue weighted by molar-refractivity contribution is 0.101. The van der Waals surface area contributed by atoms with E-state index >= 15 is 0 Å². The van der Waals surface area contributed by atoms with Gasteiger partial charge in [-0.2, -0.15) is 5.10 Å². The number of rotatable bonds is 5. The quantitative estimate of drug-likeness (QED) is 0.527. The van der Waals surface area contributed by atoms with Gasteiger partial charge in [0.15, 0.2) is 15.0 Å². The van der Waals surface area contributed by atoms with Crippen molar-refractivity contribution in [2.45, 2.75) is 4.90 Å². The Kier molecular flexibility index (Phi) is 4.95. The molecule has 0 bridgehead atoms. The fraction of sp³-hybridized carbons (Fsp3) is 0.0526. The van der Waals surface area contributed by atoms with Gasteiger partial charge in [-0.15, -0.1) is 11.3 Å². The van der Waals surface area contributed by atoms with Crippen molar-refractivity contribution in [2.24, 2.45) is 0 Å². The normalized spacial score (nSPS) is 11.3. The summed E-state index contributed by atoms with van der Waals surface area (Å²) in [4.78, 5) is 21.6. The summed E-state index contributed by atoms with van der Waals surface area (Å²) in [5, 5.41) is 9.20. The second-order valence-corrected chi connectivity index (χ2v) is 8.98. The molecule has 1 amide bonds. The van der Waals surface area contributed by atoms with Crippen LogP contribution < -0.4 is 5.32 Å². The maximum absolute atomic E-state index is 12.7. The van der Waals surface area contributed by atoms with Crippen molar-refractivity contribution in [2.75, 3.05) is 11.6 Å². The summed E-state index contributed by atoms with van der Waals surface area (Å²) in [7, 11) is -3.30. The Bertz CT molecular complexity index is 1260. The summed E-state index contributed by atoms with van der Waals surface area (Å²) in [5.74, 6) is -0.378. The van der Waals surface area contributed by atoms with E-state index in [-0.39, 0.29) is 10.8 Å². The number of hydrogen-bond acceptors (Lipinski definition) is 7. The fourth-order valence-electron chi connectivity index (χ4n) is 2.64. The molecule has 0 unspecified atom stereocenters. The van der Waals surface area contributed by atoms with Gasteiger partial charge in [-0.1, -0.05) is 6.07 Å². The summed E-state index contributed by atoms with van der Waals surface area (Å²) in [6.07, 6.45) is 4.32. The lowest BCUT2D eigenvalue weighted by Crippen LogP contribution is -2.17. The minimum atomic E-state index is -3.30. The van der Waals surface area contributed by atoms with Crippen LogP contribution in [0.3, 0.4) is 0 Å². The van der Waals surface area contributed by atoms with E-state index in [2.05, 4.69) is 20.4 Å². The summed E-state index contributed by atoms with van der Waals surface area (Å²) in [6, 6.07) is 13.3. The maximum Gasteiger partial charge on any atom is 0.276 e. The second kappa shape index (κ2) is 7.57. The molecular weight excluding hydrogens is 410 g/mol. The highest BCUT2D eigenvalue weighted by molar-refractivity contribution is 7.90. The Morgan fingerprint density at radius 1 is 1.03 bits per heavy atom. The highest BCUT2D eigenvalue weighted by Crippen LogP contribution is 2.24. The number of carbonyl (C=O) groups excluding carboxylic acids is 1. The first-order chi connectivity index (χ1) is 13.9. The van der Waals surface area contributed by atoms with Crippen molar-refractivity contribution in [3.05, 3.63) is 72.0 Å². The van der Waals surface area contributed by atoms with Crippen LogP contribution in [0.15, 0.2) is 71.2 Å². The Hall–Kier alpha value is -3.37. The van der Waals surface area contributed by atoms with E-state index < -0.39 is 9.84 Å². The topological polar surface area (TPSA) is 107 Å². The van der Waals surface area contributed by atoms with Gasteiger partial charge in [-0.3, -0.25) is 15.1 Å². The molecule has 1 aromatic carbocycles. The zero-order valence-electron chi connectivity index (χ0n) is 15.2. The van der Waals surface area contributed by atoms with Crippen LogP contribution >= 0.6 is 11.3 Å². The van der Waals surface area contributed by atoms with Crippen LogP contribution in [0.5, 0.6) is 0 Å². The molecule has 0 atom stereocenters. The number of aromatic nitrogens is 4. The van der Waals surface area contributed by atoms with Gasteiger partial charge in [0.25, 0.3) is 5.91 Å². The van der Waals surface area contributed by atoms with E-state index in [9.17, 15) is 13.2 Å². The molecule has 8 nitrogen and oxygen atoms in total. The number of anilines is 1. The van der Waals surface area contributed by atoms with Crippen molar-refractivity contribution in [1.82, 2.24) is 19.7 Å². The summed E-state index contributed by atoms with van der Waals surface area (Å²) >= 11 is 1.30. The number of nitrogens with one attached hydrogen (secondary N) is 1. The summed E-state index contributed by atoms with van der Waals surface area (Å²) in [6.45, 7) is 0. The third-order valence-electron chi connectivity index (χ3n) is 4.04. The molecular formula is C19H15N5O3S2. The van der Waals surface area contributed by atoms with Gasteiger partial charge in [-0.05, 0) is 42.5 Å². The molecule has 3 aromatic heterocycles. The van der Waals surface area contributed by atoms with E-state index in [1.165, 1.54) is 34.3 Å². The number of sulfone groups is 1. The van der Waals surface area contributed by atoms with Gasteiger partial charge >= 0.3 is 0 Å². The number of pyridine rings is 1. The van der Waals surface area contributed by atoms with Gasteiger partial charge in [0, 0.05) is 17.8 Å². The number of carbonyl (C=O) groups is 1. The molecule has 4 aromatic rings. The molecule has 0 aliphatic rings. The second-order valence-electron chi connectivity index (χ2n) is 6.10. The highest BCUT2D eigenvalue weighted by Gasteiger charge is 2.16. The summed E-state index contributed by atoms with van der Waals surface area (Å²) < 4.78 is 24.7. The van der Waals surface area contributed by atoms with Crippen LogP contribution in [0.1, 0.15) is 10.5 Å². The van der Waals surface area contributed by atoms with Crippen LogP contribution in [-0.4, -0.2) is 40.3 Å². The zero-order valence-corrected chi connectivity index (χ0v) is 16.8. The fourth-order valence-corrected chi connectivity index (χ4v) is 3.97. The molecule has 0 aliphatic carbocycles. The van der Waals surface area contributed by atoms with Gasteiger partial charge in [0.1, 0.15) is 11.4 Å². The number of hydrogen-bond donors (Lipinski definition) is 1. The first kappa shape index (κ1) is 19.0. The van der Waals surface area contributed by atoms with Crippen molar-refractivity contribution >= 4 is 32.2 Å². The van der Waals surface area contributed by atoms with Crippen molar-refractivity contribution < 1.29 is 13.2 Å². The lowest BCUT2D eigenvalue weighted by Gasteiger charge is -2.08. The number of nitrogens with zero attached hydrogens (tertiary/aromatic N) is 4. The largest absolute Gasteiger partial charge is 0.296 e. The van der Waals surface area contributed by atoms with Gasteiger partial charge in [0.05, 0.1) is 22.5 Å². The minimum absolute atomic E-state index is 0.198. The molecule has 0 fully saturated rings. The molecule has 0 spiro atoms. The molecule has 146 valence electrons. The number of benzene rings is 1. The lowest BCUT2D eigenvalue weighted by atomic mass is 10.3. The molecule has 3 heterocycles. The van der Waals surface area contributed by atoms with Crippen LogP contribution in [0.4, 0.5) is 5.13 Å². The predicted octanol–water partition coefficient (Wildman–Crippen LogP) is 3.05. The van der Waals surface area contributed by atoms with Crippen molar-refractivity contribution in [1.29, 1.82) is 0 Å². The van der Waals surface area contributed by atoms with Crippen molar-refractivity contribution in [3.63, 3.8) is 0 Å². The smallest absolute Gasteiger partial charge is 0.276 e. The first-order valence-electron chi connectivity index (χ1n) is 8.44. The third-order valence-corrected chi connectivity index (χ3v) is 5.92. The van der Waals surface area contributed by atoms with Crippen LogP contribution in [0.2, 0.25) is 0 Å². The summed E-state index contributed by atoms with van der Waals surface area (Å²) in [5.41, 5.74) is 2.27. The average molecular weight is 425 g/mol. The van der Waals surface area contributed by atoms with E-state index in [0.29, 0.717) is 22.2 Å². The average Bonchev–Trinajstić information content (AvgIpc) is 3.38. The minimum Gasteiger partial charge on any atom is -0.296 e. The Morgan fingerprint density at radius 3 is 2.52 bits per heavy atom. The Labute approximate surface area is 170 Å². The number of thiazole rings is 1. The highest BCUT2D eigenvalue weighted by atomic mass is 32.2. The molecule has 10 heteroatoms. The van der Waals surface area contributed by atoms with E-state index in [4.69, 9.17) is 0 Å². The standard InChI is InChI=1S/C19H15N5O3S2/c1-29(26,27)14-7-5-13(6-8-14)24-17(9-11-21-24)18(25)23-19-22-16(12-28-19)15-4-2-3-10-20-15/h2-12H,1H3,(H,22,23,25). The molecule has 0 saturated heterocycles. The van der Waals surface area contributed by atoms with Crippen molar-refractivity contribution in [3.8, 4) is 17.1 Å². The van der Waals surface area contributed by atoms with Gasteiger partial charge in [0.2, 0.25) is 0 Å². The monoisotopic (exact) mass is 425 g/mol. The molecule has 0 aliphatic heterocycles. The van der Waals surface area contributed by atoms with E-state index in [0.717, 1.165) is 11.9 Å². The number of amides is 1. The van der Waals surface area contributed by atoms with Gasteiger partial charge < -0.3 is 0 Å². The Morgan fingerprint density at radius 2 is 1.83 bits per heavy atom. The van der Waals surface area contributed by atoms with Crippen LogP contribution in [0, 0.1) is 0 Å². The molecule has 0 saturated carbocycles. The van der Waals surface area contributed by atoms with Crippen LogP contribution in [0.25, 0.3) is 17.1 Å². The predicted molar refractivity (Wildman–Crippen MR) is 110 cm³/mol. The first-order valence-corrected chi connectivity index (χ1v) is 11.2. The molecule has 29 heavy (non-hydrogen) atoms. The SMILES string of the molecule is CS(=O)(=O)c1ccc(-n2nccc2C(=O)Nc2nc(-c3ccccn3)cs2)cc1. The molecule has 0 radical (unpaired) electrons. The molecule has 1 N–H and O–H groups in total. The zero-order chi connectivity index (χ0) is 20.4. The molecule has 4 rings (SSSR count). The van der Waals surface area contributed by atoms with E-state index in [1.807, 2.05) is 23.6 Å². The third kappa shape index (κ3) is 4.08. The van der Waals surface area contributed by atoms with Gasteiger partial charge in [-0.25, -0.2) is 18.1 Å².